The Labute approximate surface area is 147 Å². The number of methoxy groups -OCH3 is 1. The zero-order valence-corrected chi connectivity index (χ0v) is 17.7. The molecule has 121 valence electrons. The zero-order valence-electron chi connectivity index (χ0n) is 13.6. The van der Waals surface area contributed by atoms with Gasteiger partial charge in [0.25, 0.3) is 0 Å². The molecular formula is C14H25Cl2NO2SiTi-. The second-order valence-electron chi connectivity index (χ2n) is 5.51. The SMILES string of the molecule is CC(C)(C)C1=CC[C-]=C1.COCC(=O)N[Si](C)C.[Cl][Ti][Cl]. The van der Waals surface area contributed by atoms with Gasteiger partial charge < -0.3 is 9.72 Å². The van der Waals surface area contributed by atoms with E-state index in [2.05, 4.69) is 48.7 Å². The standard InChI is InChI=1S/C9H13.C5H12NO2Si.2ClH.Ti/c1-9(2,3)8-6-4-5-7-8;1-8-4-5(7)6-9(2)3;;;/h6-7H,4H2,1-3H3;4H2,1-3H3,(H,6,7);2*1H;/q-1;;;;+2/p-2. The van der Waals surface area contributed by atoms with Gasteiger partial charge in [-0.2, -0.15) is 11.6 Å². The van der Waals surface area contributed by atoms with E-state index < -0.39 is 26.0 Å². The van der Waals surface area contributed by atoms with Gasteiger partial charge in [-0.15, -0.1) is 6.42 Å². The summed E-state index contributed by atoms with van der Waals surface area (Å²) in [5.41, 5.74) is 1.74. The Bertz CT molecular complexity index is 342. The Morgan fingerprint density at radius 1 is 1.48 bits per heavy atom. The van der Waals surface area contributed by atoms with E-state index in [-0.39, 0.29) is 12.5 Å². The zero-order chi connectivity index (χ0) is 16.9. The Hall–Kier alpha value is 0.421. The first-order chi connectivity index (χ1) is 9.68. The van der Waals surface area contributed by atoms with Crippen molar-refractivity contribution in [3.63, 3.8) is 0 Å². The van der Waals surface area contributed by atoms with E-state index in [1.807, 2.05) is 13.1 Å². The Morgan fingerprint density at radius 2 is 2.00 bits per heavy atom. The summed E-state index contributed by atoms with van der Waals surface area (Å²) in [7, 11) is 10.7. The van der Waals surface area contributed by atoms with Crippen LogP contribution in [0.4, 0.5) is 0 Å². The number of carbonyl (C=O) groups is 1. The molecule has 0 heterocycles. The van der Waals surface area contributed by atoms with Crippen molar-refractivity contribution in [1.29, 1.82) is 0 Å². The summed E-state index contributed by atoms with van der Waals surface area (Å²) in [6, 6.07) is 0. The normalized spacial score (nSPS) is 12.7. The molecule has 21 heavy (non-hydrogen) atoms. The number of nitrogens with one attached hydrogen (secondary N) is 1. The second kappa shape index (κ2) is 14.0. The quantitative estimate of drug-likeness (QED) is 0.586. The van der Waals surface area contributed by atoms with Crippen LogP contribution in [0.25, 0.3) is 0 Å². The summed E-state index contributed by atoms with van der Waals surface area (Å²) in [6.45, 7) is 10.9. The summed E-state index contributed by atoms with van der Waals surface area (Å²) >= 11 is -0.556. The molecule has 0 saturated carbocycles. The average molecular weight is 386 g/mol. The van der Waals surface area contributed by atoms with Gasteiger partial charge in [0.15, 0.2) is 8.96 Å². The van der Waals surface area contributed by atoms with Crippen LogP contribution in [-0.2, 0) is 26.6 Å². The van der Waals surface area contributed by atoms with Gasteiger partial charge in [0.05, 0.1) is 0 Å². The summed E-state index contributed by atoms with van der Waals surface area (Å²) in [6.07, 6.45) is 8.50. The number of rotatable bonds is 3. The number of halogens is 2. The molecular weight excluding hydrogens is 361 g/mol. The fourth-order valence-corrected chi connectivity index (χ4v) is 2.00. The van der Waals surface area contributed by atoms with Gasteiger partial charge in [-0.25, -0.2) is 6.08 Å². The van der Waals surface area contributed by atoms with Crippen molar-refractivity contribution in [1.82, 2.24) is 4.98 Å². The summed E-state index contributed by atoms with van der Waals surface area (Å²) in [5.74, 6) is -0.0172. The molecule has 1 aliphatic carbocycles. The molecule has 1 N–H and O–H groups in total. The van der Waals surface area contributed by atoms with E-state index in [0.717, 1.165) is 6.42 Å². The van der Waals surface area contributed by atoms with Crippen molar-refractivity contribution in [2.24, 2.45) is 5.41 Å². The molecule has 0 unspecified atom stereocenters. The van der Waals surface area contributed by atoms with Gasteiger partial charge in [0.1, 0.15) is 6.61 Å². The fraction of sp³-hybridized carbons (Fsp3) is 0.643. The first kappa shape index (κ1) is 23.7. The van der Waals surface area contributed by atoms with Crippen LogP contribution >= 0.6 is 18.6 Å². The predicted octanol–water partition coefficient (Wildman–Crippen LogP) is 4.10. The Morgan fingerprint density at radius 3 is 2.24 bits per heavy atom. The van der Waals surface area contributed by atoms with Crippen molar-refractivity contribution >= 4 is 33.5 Å². The van der Waals surface area contributed by atoms with E-state index in [0.29, 0.717) is 5.41 Å². The molecule has 0 fully saturated rings. The van der Waals surface area contributed by atoms with Gasteiger partial charge in [-0.3, -0.25) is 10.9 Å². The van der Waals surface area contributed by atoms with Gasteiger partial charge in [-0.05, 0) is 0 Å². The van der Waals surface area contributed by atoms with Crippen molar-refractivity contribution < 1.29 is 26.6 Å². The summed E-state index contributed by atoms with van der Waals surface area (Å²) < 4.78 is 4.61. The van der Waals surface area contributed by atoms with Crippen LogP contribution in [0.1, 0.15) is 27.2 Å². The maximum absolute atomic E-state index is 10.6. The first-order valence-electron chi connectivity index (χ1n) is 6.51. The molecule has 1 radical (unpaired) electrons. The third-order valence-electron chi connectivity index (χ3n) is 2.23. The third kappa shape index (κ3) is 16.6. The molecule has 0 atom stereocenters. The molecule has 7 heteroatoms. The van der Waals surface area contributed by atoms with Crippen LogP contribution in [0, 0.1) is 11.5 Å². The number of amides is 1. The van der Waals surface area contributed by atoms with Gasteiger partial charge >= 0.3 is 35.6 Å². The third-order valence-corrected chi connectivity index (χ3v) is 3.01. The predicted molar refractivity (Wildman–Crippen MR) is 89.2 cm³/mol. The van der Waals surface area contributed by atoms with E-state index in [1.165, 1.54) is 12.7 Å². The molecule has 1 rings (SSSR count). The van der Waals surface area contributed by atoms with Crippen LogP contribution in [0.15, 0.2) is 17.7 Å². The summed E-state index contributed by atoms with van der Waals surface area (Å²) in [5, 5.41) is 0. The Balaban J connectivity index is 0. The number of hydrogen-bond acceptors (Lipinski definition) is 2. The number of carbonyl (C=O) groups excluding carboxylic acids is 1. The molecule has 0 aliphatic heterocycles. The number of allylic oxidation sites excluding steroid dienone is 4. The first-order valence-corrected chi connectivity index (χ1v) is 13.3. The molecule has 0 aromatic rings. The monoisotopic (exact) mass is 385 g/mol. The van der Waals surface area contributed by atoms with E-state index in [4.69, 9.17) is 18.6 Å². The molecule has 0 spiro atoms. The van der Waals surface area contributed by atoms with Crippen LogP contribution < -0.4 is 4.98 Å². The molecule has 1 amide bonds. The van der Waals surface area contributed by atoms with Crippen LogP contribution in [0.3, 0.4) is 0 Å². The number of ether oxygens (including phenoxy) is 1. The molecule has 1 aliphatic rings. The fourth-order valence-electron chi connectivity index (χ4n) is 1.37. The van der Waals surface area contributed by atoms with Crippen LogP contribution in [0.5, 0.6) is 0 Å². The van der Waals surface area contributed by atoms with E-state index >= 15 is 0 Å². The van der Waals surface area contributed by atoms with Crippen molar-refractivity contribution in [2.45, 2.75) is 40.3 Å². The van der Waals surface area contributed by atoms with Crippen LogP contribution in [0.2, 0.25) is 13.1 Å². The summed E-state index contributed by atoms with van der Waals surface area (Å²) in [4.78, 5) is 13.4. The minimum absolute atomic E-state index is 0.0172. The van der Waals surface area contributed by atoms with E-state index in [9.17, 15) is 4.79 Å². The number of hydrogen-bond donors (Lipinski definition) is 1. The Kier molecular flexibility index (Phi) is 15.8. The van der Waals surface area contributed by atoms with Gasteiger partial charge in [-0.1, -0.05) is 39.3 Å². The van der Waals surface area contributed by atoms with Crippen LogP contribution in [-0.4, -0.2) is 28.6 Å². The second-order valence-corrected chi connectivity index (χ2v) is 10.3. The molecule has 3 nitrogen and oxygen atoms in total. The topological polar surface area (TPSA) is 38.3 Å². The minimum atomic E-state index is -0.635. The molecule has 0 saturated heterocycles. The van der Waals surface area contributed by atoms with E-state index in [1.54, 1.807) is 0 Å². The van der Waals surface area contributed by atoms with Crippen molar-refractivity contribution in [3.8, 4) is 0 Å². The molecule has 0 bridgehead atoms. The average Bonchev–Trinajstić information content (AvgIpc) is 2.82. The maximum atomic E-state index is 10.6. The van der Waals surface area contributed by atoms with Crippen molar-refractivity contribution in [3.05, 3.63) is 23.8 Å². The molecule has 0 aromatic carbocycles. The molecule has 0 aromatic heterocycles. The van der Waals surface area contributed by atoms with Gasteiger partial charge in [0, 0.05) is 7.11 Å². The van der Waals surface area contributed by atoms with Gasteiger partial charge in [0.2, 0.25) is 5.91 Å². The van der Waals surface area contributed by atoms with Crippen molar-refractivity contribution in [2.75, 3.05) is 13.7 Å².